The number of rotatable bonds is 6. The molecule has 0 fully saturated rings. The van der Waals surface area contributed by atoms with E-state index in [1.807, 2.05) is 0 Å². The number of carbonyl (C=O) groups excluding carboxylic acids is 1. The van der Waals surface area contributed by atoms with Crippen LogP contribution in [0.2, 0.25) is 5.02 Å². The molecule has 1 aromatic rings. The molecule has 0 heterocycles. The van der Waals surface area contributed by atoms with Gasteiger partial charge in [-0.2, -0.15) is 0 Å². The third kappa shape index (κ3) is 7.34. The molecule has 0 saturated carbocycles. The average molecular weight is 344 g/mol. The Balaban J connectivity index is 2.60. The fourth-order valence-corrected chi connectivity index (χ4v) is 1.84. The van der Waals surface area contributed by atoms with Gasteiger partial charge < -0.3 is 19.9 Å². The van der Waals surface area contributed by atoms with Crippen LogP contribution in [-0.2, 0) is 20.9 Å². The van der Waals surface area contributed by atoms with E-state index in [2.05, 4.69) is 5.32 Å². The Bertz CT molecular complexity index is 538. The molecule has 128 valence electrons. The van der Waals surface area contributed by atoms with Crippen molar-refractivity contribution in [1.82, 2.24) is 5.32 Å². The third-order valence-electron chi connectivity index (χ3n) is 2.83. The van der Waals surface area contributed by atoms with Gasteiger partial charge in [0.2, 0.25) is 0 Å². The third-order valence-corrected chi connectivity index (χ3v) is 3.09. The monoisotopic (exact) mass is 343 g/mol. The highest BCUT2D eigenvalue weighted by molar-refractivity contribution is 6.30. The van der Waals surface area contributed by atoms with E-state index in [-0.39, 0.29) is 6.61 Å². The van der Waals surface area contributed by atoms with Crippen molar-refractivity contribution in [3.05, 3.63) is 34.9 Å². The first-order valence-electron chi connectivity index (χ1n) is 7.17. The largest absolute Gasteiger partial charge is 0.480 e. The molecule has 0 aromatic heterocycles. The summed E-state index contributed by atoms with van der Waals surface area (Å²) in [6.07, 6.45) is -1.54. The van der Waals surface area contributed by atoms with Gasteiger partial charge >= 0.3 is 12.1 Å². The molecule has 1 aromatic carbocycles. The van der Waals surface area contributed by atoms with E-state index in [9.17, 15) is 14.7 Å². The maximum absolute atomic E-state index is 11.7. The van der Waals surface area contributed by atoms with Crippen LogP contribution in [0.4, 0.5) is 4.79 Å². The second kappa shape index (κ2) is 8.17. The summed E-state index contributed by atoms with van der Waals surface area (Å²) in [5.74, 6) is -1.19. The number of amides is 1. The normalized spacial score (nSPS) is 14.0. The minimum absolute atomic E-state index is 0.206. The van der Waals surface area contributed by atoms with Gasteiger partial charge in [0.25, 0.3) is 0 Å². The Morgan fingerprint density at radius 1 is 1.26 bits per heavy atom. The molecule has 0 spiro atoms. The number of carboxylic acids is 1. The maximum atomic E-state index is 11.7. The van der Waals surface area contributed by atoms with E-state index in [1.54, 1.807) is 52.0 Å². The zero-order valence-corrected chi connectivity index (χ0v) is 14.4. The molecule has 2 atom stereocenters. The van der Waals surface area contributed by atoms with Crippen molar-refractivity contribution in [3.8, 4) is 0 Å². The van der Waals surface area contributed by atoms with Gasteiger partial charge in [0.1, 0.15) is 5.60 Å². The van der Waals surface area contributed by atoms with E-state index >= 15 is 0 Å². The number of carboxylic acid groups (broad SMARTS) is 1. The van der Waals surface area contributed by atoms with Crippen molar-refractivity contribution in [3.63, 3.8) is 0 Å². The summed E-state index contributed by atoms with van der Waals surface area (Å²) in [6.45, 7) is 6.87. The molecule has 0 bridgehead atoms. The molecule has 0 aliphatic carbocycles. The highest BCUT2D eigenvalue weighted by Gasteiger charge is 2.29. The number of ether oxygens (including phenoxy) is 2. The summed E-state index contributed by atoms with van der Waals surface area (Å²) in [5, 5.41) is 12.2. The van der Waals surface area contributed by atoms with Gasteiger partial charge in [0, 0.05) is 5.02 Å². The molecule has 2 unspecified atom stereocenters. The molecule has 0 radical (unpaired) electrons. The number of nitrogens with one attached hydrogen (secondary N) is 1. The minimum atomic E-state index is -1.21. The maximum Gasteiger partial charge on any atom is 0.408 e. The predicted molar refractivity (Wildman–Crippen MR) is 86.5 cm³/mol. The summed E-state index contributed by atoms with van der Waals surface area (Å²) < 4.78 is 10.6. The molecular formula is C16H22ClNO5. The van der Waals surface area contributed by atoms with Crippen molar-refractivity contribution in [2.45, 2.75) is 52.0 Å². The van der Waals surface area contributed by atoms with E-state index in [1.165, 1.54) is 0 Å². The molecule has 0 aliphatic rings. The summed E-state index contributed by atoms with van der Waals surface area (Å²) in [7, 11) is 0. The lowest BCUT2D eigenvalue weighted by molar-refractivity contribution is -0.143. The second-order valence-corrected chi connectivity index (χ2v) is 6.54. The fraction of sp³-hybridized carbons (Fsp3) is 0.500. The second-order valence-electron chi connectivity index (χ2n) is 6.10. The molecule has 1 amide bonds. The van der Waals surface area contributed by atoms with E-state index < -0.39 is 29.8 Å². The van der Waals surface area contributed by atoms with Crippen molar-refractivity contribution >= 4 is 23.7 Å². The van der Waals surface area contributed by atoms with E-state index in [0.29, 0.717) is 5.02 Å². The number of benzene rings is 1. The van der Waals surface area contributed by atoms with Crippen LogP contribution < -0.4 is 5.32 Å². The van der Waals surface area contributed by atoms with Crippen LogP contribution in [-0.4, -0.2) is 34.9 Å². The van der Waals surface area contributed by atoms with Crippen LogP contribution in [0.25, 0.3) is 0 Å². The van der Waals surface area contributed by atoms with Crippen molar-refractivity contribution < 1.29 is 24.2 Å². The van der Waals surface area contributed by atoms with Gasteiger partial charge in [-0.15, -0.1) is 0 Å². The molecule has 0 aliphatic heterocycles. The van der Waals surface area contributed by atoms with Crippen LogP contribution in [0.5, 0.6) is 0 Å². The van der Waals surface area contributed by atoms with Gasteiger partial charge in [0.05, 0.1) is 12.7 Å². The van der Waals surface area contributed by atoms with Gasteiger partial charge in [-0.1, -0.05) is 23.7 Å². The first-order valence-corrected chi connectivity index (χ1v) is 7.54. The first kappa shape index (κ1) is 19.3. The van der Waals surface area contributed by atoms with Crippen LogP contribution in [0, 0.1) is 0 Å². The quantitative estimate of drug-likeness (QED) is 0.828. The standard InChI is InChI=1S/C16H22ClNO5/c1-10(22-9-11-5-7-12(17)8-6-11)13(14(19)20)18-15(21)23-16(2,3)4/h5-8,10,13H,9H2,1-4H3,(H,18,21)(H,19,20). The highest BCUT2D eigenvalue weighted by Crippen LogP contribution is 2.12. The smallest absolute Gasteiger partial charge is 0.408 e. The lowest BCUT2D eigenvalue weighted by Gasteiger charge is -2.25. The first-order chi connectivity index (χ1) is 10.6. The van der Waals surface area contributed by atoms with Crippen molar-refractivity contribution in [2.75, 3.05) is 0 Å². The average Bonchev–Trinajstić information content (AvgIpc) is 2.41. The van der Waals surface area contributed by atoms with Gasteiger partial charge in [-0.25, -0.2) is 9.59 Å². The van der Waals surface area contributed by atoms with Gasteiger partial charge in [-0.3, -0.25) is 0 Å². The minimum Gasteiger partial charge on any atom is -0.480 e. The molecule has 23 heavy (non-hydrogen) atoms. The van der Waals surface area contributed by atoms with Crippen molar-refractivity contribution in [2.24, 2.45) is 0 Å². The molecule has 1 rings (SSSR count). The number of halogens is 1. The molecule has 6 nitrogen and oxygen atoms in total. The molecular weight excluding hydrogens is 322 g/mol. The topological polar surface area (TPSA) is 84.9 Å². The SMILES string of the molecule is CC(OCc1ccc(Cl)cc1)C(NC(=O)OC(C)(C)C)C(=O)O. The zero-order chi connectivity index (χ0) is 17.6. The van der Waals surface area contributed by atoms with Gasteiger partial charge in [-0.05, 0) is 45.4 Å². The summed E-state index contributed by atoms with van der Waals surface area (Å²) in [4.78, 5) is 23.1. The summed E-state index contributed by atoms with van der Waals surface area (Å²) in [6, 6.07) is 5.80. The lowest BCUT2D eigenvalue weighted by atomic mass is 10.1. The highest BCUT2D eigenvalue weighted by atomic mass is 35.5. The van der Waals surface area contributed by atoms with Crippen LogP contribution in [0.1, 0.15) is 33.3 Å². The number of hydrogen-bond acceptors (Lipinski definition) is 4. The Morgan fingerprint density at radius 3 is 2.30 bits per heavy atom. The van der Waals surface area contributed by atoms with E-state index in [0.717, 1.165) is 5.56 Å². The number of carbonyl (C=O) groups is 2. The van der Waals surface area contributed by atoms with Crippen LogP contribution >= 0.6 is 11.6 Å². The van der Waals surface area contributed by atoms with Crippen molar-refractivity contribution in [1.29, 1.82) is 0 Å². The summed E-state index contributed by atoms with van der Waals surface area (Å²) in [5.41, 5.74) is 0.142. The fourth-order valence-electron chi connectivity index (χ4n) is 1.72. The Labute approximate surface area is 140 Å². The van der Waals surface area contributed by atoms with Crippen LogP contribution in [0.15, 0.2) is 24.3 Å². The van der Waals surface area contributed by atoms with Gasteiger partial charge in [0.15, 0.2) is 6.04 Å². The number of aliphatic carboxylic acids is 1. The molecule has 2 N–H and O–H groups in total. The Hall–Kier alpha value is -1.79. The zero-order valence-electron chi connectivity index (χ0n) is 13.6. The Kier molecular flexibility index (Phi) is 6.84. The Morgan fingerprint density at radius 2 is 1.83 bits per heavy atom. The number of alkyl carbamates (subject to hydrolysis) is 1. The number of hydrogen-bond donors (Lipinski definition) is 2. The lowest BCUT2D eigenvalue weighted by Crippen LogP contribution is -2.50. The molecule has 7 heteroatoms. The van der Waals surface area contributed by atoms with Crippen LogP contribution in [0.3, 0.4) is 0 Å². The van der Waals surface area contributed by atoms with E-state index in [4.69, 9.17) is 21.1 Å². The summed E-state index contributed by atoms with van der Waals surface area (Å²) >= 11 is 5.80. The predicted octanol–water partition coefficient (Wildman–Crippen LogP) is 3.22. The molecule has 0 saturated heterocycles.